The van der Waals surface area contributed by atoms with Crippen LogP contribution >= 0.6 is 0 Å². The molecule has 4 rings (SSSR count). The third-order valence-corrected chi connectivity index (χ3v) is 9.19. The molecule has 0 saturated carbocycles. The summed E-state index contributed by atoms with van der Waals surface area (Å²) in [6.45, 7) is 1.97. The lowest BCUT2D eigenvalue weighted by atomic mass is 10.0. The number of H-pyrrole nitrogens is 1. The van der Waals surface area contributed by atoms with Crippen LogP contribution in [-0.2, 0) is 19.9 Å². The van der Waals surface area contributed by atoms with Gasteiger partial charge < -0.3 is 4.98 Å². The number of fused-ring (bicyclic) bond motifs is 1. The van der Waals surface area contributed by atoms with Crippen molar-refractivity contribution >= 4 is 30.9 Å². The van der Waals surface area contributed by atoms with Gasteiger partial charge in [0, 0.05) is 30.4 Å². The van der Waals surface area contributed by atoms with E-state index in [2.05, 4.69) is 9.97 Å². The van der Waals surface area contributed by atoms with Crippen LogP contribution in [0, 0.1) is 6.92 Å². The number of pyridine rings is 1. The summed E-state index contributed by atoms with van der Waals surface area (Å²) < 4.78 is 50.6. The number of rotatable bonds is 4. The van der Waals surface area contributed by atoms with Gasteiger partial charge in [0.05, 0.1) is 16.4 Å². The van der Waals surface area contributed by atoms with Crippen LogP contribution in [0.3, 0.4) is 0 Å². The second kappa shape index (κ2) is 7.23. The number of aryl methyl sites for hydroxylation is 1. The predicted octanol–water partition coefficient (Wildman–Crippen LogP) is 2.74. The van der Waals surface area contributed by atoms with Crippen molar-refractivity contribution in [3.63, 3.8) is 0 Å². The van der Waals surface area contributed by atoms with Crippen LogP contribution in [0.4, 0.5) is 0 Å². The summed E-state index contributed by atoms with van der Waals surface area (Å²) in [6.07, 6.45) is 2.39. The van der Waals surface area contributed by atoms with Gasteiger partial charge in [-0.2, -0.15) is 4.31 Å². The van der Waals surface area contributed by atoms with Crippen LogP contribution in [0.15, 0.2) is 47.5 Å². The highest BCUT2D eigenvalue weighted by Crippen LogP contribution is 2.30. The standard InChI is InChI=1S/C20H23N3O4S2/c1-14-13-19-18(7-10-21-20(19)22-14)15-3-5-17(6-4-15)29(26,27)23(2)16-8-11-28(24,25)12-9-16/h3-7,10,13,16H,8-9,11-12H2,1-2H3,(H,21,22). The highest BCUT2D eigenvalue weighted by molar-refractivity contribution is 7.91. The normalized spacial score (nSPS) is 17.8. The van der Waals surface area contributed by atoms with E-state index < -0.39 is 19.9 Å². The second-order valence-corrected chi connectivity index (χ2v) is 11.8. The van der Waals surface area contributed by atoms with E-state index in [1.165, 1.54) is 11.4 Å². The van der Waals surface area contributed by atoms with E-state index in [4.69, 9.17) is 0 Å². The molecule has 1 aliphatic heterocycles. The minimum absolute atomic E-state index is 0.0323. The summed E-state index contributed by atoms with van der Waals surface area (Å²) in [5, 5.41) is 0.987. The second-order valence-electron chi connectivity index (χ2n) is 7.50. The highest BCUT2D eigenvalue weighted by atomic mass is 32.2. The summed E-state index contributed by atoms with van der Waals surface area (Å²) in [7, 11) is -5.21. The molecule has 1 aromatic carbocycles. The Hall–Kier alpha value is -2.23. The van der Waals surface area contributed by atoms with Crippen LogP contribution in [0.1, 0.15) is 18.5 Å². The van der Waals surface area contributed by atoms with Gasteiger partial charge >= 0.3 is 0 Å². The Morgan fingerprint density at radius 2 is 1.76 bits per heavy atom. The molecular formula is C20H23N3O4S2. The van der Waals surface area contributed by atoms with E-state index >= 15 is 0 Å². The molecule has 0 atom stereocenters. The van der Waals surface area contributed by atoms with Gasteiger partial charge in [0.1, 0.15) is 15.5 Å². The molecule has 0 radical (unpaired) electrons. The van der Waals surface area contributed by atoms with Gasteiger partial charge in [0.2, 0.25) is 10.0 Å². The Morgan fingerprint density at radius 3 is 2.41 bits per heavy atom. The number of benzene rings is 1. The van der Waals surface area contributed by atoms with Gasteiger partial charge in [0.25, 0.3) is 0 Å². The van der Waals surface area contributed by atoms with Crippen LogP contribution in [0.5, 0.6) is 0 Å². The Bertz CT molecular complexity index is 1250. The average Bonchev–Trinajstić information content (AvgIpc) is 3.07. The number of nitrogens with one attached hydrogen (secondary N) is 1. The quantitative estimate of drug-likeness (QED) is 0.682. The summed E-state index contributed by atoms with van der Waals surface area (Å²) in [5.41, 5.74) is 3.69. The zero-order valence-electron chi connectivity index (χ0n) is 16.3. The molecule has 0 aliphatic carbocycles. The zero-order valence-corrected chi connectivity index (χ0v) is 17.9. The number of aromatic nitrogens is 2. The van der Waals surface area contributed by atoms with E-state index in [-0.39, 0.29) is 22.4 Å². The predicted molar refractivity (Wildman–Crippen MR) is 113 cm³/mol. The van der Waals surface area contributed by atoms with E-state index in [0.29, 0.717) is 12.8 Å². The first-order valence-corrected chi connectivity index (χ1v) is 12.7. The lowest BCUT2D eigenvalue weighted by Crippen LogP contribution is -2.42. The molecule has 0 bridgehead atoms. The first kappa shape index (κ1) is 20.1. The summed E-state index contributed by atoms with van der Waals surface area (Å²) in [4.78, 5) is 7.74. The van der Waals surface area contributed by atoms with E-state index in [1.807, 2.05) is 19.1 Å². The molecule has 3 heterocycles. The Balaban J connectivity index is 1.61. The van der Waals surface area contributed by atoms with Crippen LogP contribution in [-0.4, -0.2) is 55.7 Å². The van der Waals surface area contributed by atoms with E-state index in [1.54, 1.807) is 30.5 Å². The van der Waals surface area contributed by atoms with Gasteiger partial charge in [-0.3, -0.25) is 0 Å². The molecule has 1 N–H and O–H groups in total. The van der Waals surface area contributed by atoms with E-state index in [0.717, 1.165) is 27.9 Å². The maximum atomic E-state index is 13.0. The smallest absolute Gasteiger partial charge is 0.243 e. The monoisotopic (exact) mass is 433 g/mol. The van der Waals surface area contributed by atoms with Crippen molar-refractivity contribution in [1.82, 2.24) is 14.3 Å². The molecular weight excluding hydrogens is 410 g/mol. The number of aromatic amines is 1. The molecule has 3 aromatic rings. The van der Waals surface area contributed by atoms with Crippen molar-refractivity contribution in [1.29, 1.82) is 0 Å². The van der Waals surface area contributed by atoms with E-state index in [9.17, 15) is 16.8 Å². The Kier molecular flexibility index (Phi) is 5.00. The molecule has 9 heteroatoms. The van der Waals surface area contributed by atoms with Crippen molar-refractivity contribution in [3.8, 4) is 11.1 Å². The number of hydrogen-bond acceptors (Lipinski definition) is 5. The largest absolute Gasteiger partial charge is 0.344 e. The van der Waals surface area contributed by atoms with Crippen LogP contribution in [0.25, 0.3) is 22.2 Å². The maximum absolute atomic E-state index is 13.0. The third kappa shape index (κ3) is 3.82. The molecule has 154 valence electrons. The fraction of sp³-hybridized carbons (Fsp3) is 0.350. The molecule has 0 spiro atoms. The highest BCUT2D eigenvalue weighted by Gasteiger charge is 2.32. The van der Waals surface area contributed by atoms with Crippen LogP contribution < -0.4 is 0 Å². The third-order valence-electron chi connectivity index (χ3n) is 5.55. The molecule has 7 nitrogen and oxygen atoms in total. The number of sulfone groups is 1. The topological polar surface area (TPSA) is 100 Å². The molecule has 29 heavy (non-hydrogen) atoms. The fourth-order valence-corrected chi connectivity index (χ4v) is 6.70. The molecule has 2 aromatic heterocycles. The van der Waals surface area contributed by atoms with Gasteiger partial charge in [0.15, 0.2) is 0 Å². The Labute approximate surface area is 170 Å². The van der Waals surface area contributed by atoms with Gasteiger partial charge in [-0.1, -0.05) is 12.1 Å². The first-order chi connectivity index (χ1) is 13.7. The van der Waals surface area contributed by atoms with Gasteiger partial charge in [-0.05, 0) is 55.2 Å². The minimum Gasteiger partial charge on any atom is -0.344 e. The summed E-state index contributed by atoms with van der Waals surface area (Å²) in [5.74, 6) is 0.0647. The van der Waals surface area contributed by atoms with Crippen molar-refractivity contribution in [2.24, 2.45) is 0 Å². The maximum Gasteiger partial charge on any atom is 0.243 e. The lowest BCUT2D eigenvalue weighted by Gasteiger charge is -2.30. The van der Waals surface area contributed by atoms with Crippen molar-refractivity contribution < 1.29 is 16.8 Å². The summed E-state index contributed by atoms with van der Waals surface area (Å²) in [6, 6.07) is 10.4. The molecule has 0 amide bonds. The first-order valence-electron chi connectivity index (χ1n) is 9.41. The lowest BCUT2D eigenvalue weighted by molar-refractivity contribution is 0.342. The van der Waals surface area contributed by atoms with Gasteiger partial charge in [-0.25, -0.2) is 21.8 Å². The van der Waals surface area contributed by atoms with Crippen molar-refractivity contribution in [2.45, 2.75) is 30.7 Å². The SMILES string of the molecule is Cc1cc2c(-c3ccc(S(=O)(=O)N(C)C4CCS(=O)(=O)CC4)cc3)ccnc2[nH]1. The summed E-state index contributed by atoms with van der Waals surface area (Å²) >= 11 is 0. The Morgan fingerprint density at radius 1 is 1.10 bits per heavy atom. The number of sulfonamides is 1. The fourth-order valence-electron chi connectivity index (χ4n) is 3.82. The molecule has 1 saturated heterocycles. The van der Waals surface area contributed by atoms with Crippen molar-refractivity contribution in [3.05, 3.63) is 48.3 Å². The number of hydrogen-bond donors (Lipinski definition) is 1. The number of nitrogens with zero attached hydrogens (tertiary/aromatic N) is 2. The van der Waals surface area contributed by atoms with Gasteiger partial charge in [-0.15, -0.1) is 0 Å². The van der Waals surface area contributed by atoms with Crippen molar-refractivity contribution in [2.75, 3.05) is 18.6 Å². The molecule has 1 fully saturated rings. The minimum atomic E-state index is -3.69. The van der Waals surface area contributed by atoms with Crippen LogP contribution in [0.2, 0.25) is 0 Å². The molecule has 1 aliphatic rings. The molecule has 0 unspecified atom stereocenters. The average molecular weight is 434 g/mol. The zero-order chi connectivity index (χ0) is 20.8.